The molecule has 2 heterocycles. The van der Waals surface area contributed by atoms with Gasteiger partial charge in [-0.3, -0.25) is 4.79 Å². The second-order valence-corrected chi connectivity index (χ2v) is 13.2. The number of nitrogens with zero attached hydrogens (tertiary/aromatic N) is 1. The van der Waals surface area contributed by atoms with E-state index in [1.807, 2.05) is 24.3 Å². The smallest absolute Gasteiger partial charge is 0.377 e. The Morgan fingerprint density at radius 1 is 1.10 bits per heavy atom. The van der Waals surface area contributed by atoms with Crippen molar-refractivity contribution >= 4 is 33.4 Å². The number of aliphatic hydroxyl groups is 4. The van der Waals surface area contributed by atoms with E-state index in [0.29, 0.717) is 16.1 Å². The van der Waals surface area contributed by atoms with Crippen molar-refractivity contribution in [2.75, 3.05) is 6.61 Å². The molecular weight excluding hydrogens is 636 g/mol. The van der Waals surface area contributed by atoms with Crippen LogP contribution in [0.1, 0.15) is 83.6 Å². The molecule has 1 aliphatic heterocycles. The molecule has 48 heavy (non-hydrogen) atoms. The van der Waals surface area contributed by atoms with E-state index in [1.165, 1.54) is 56.8 Å². The molecule has 0 saturated carbocycles. The Morgan fingerprint density at radius 3 is 2.48 bits per heavy atom. The van der Waals surface area contributed by atoms with Gasteiger partial charge in [-0.25, -0.2) is 9.78 Å². The summed E-state index contributed by atoms with van der Waals surface area (Å²) in [4.78, 5) is 29.5. The molecule has 1 aromatic heterocycles. The average Bonchev–Trinajstić information content (AvgIpc) is 3.50. The summed E-state index contributed by atoms with van der Waals surface area (Å²) in [6, 6.07) is 11.3. The van der Waals surface area contributed by atoms with Gasteiger partial charge in [-0.1, -0.05) is 75.8 Å². The molecule has 0 spiro atoms. The molecule has 0 aliphatic carbocycles. The Bertz CT molecular complexity index is 1550. The highest BCUT2D eigenvalue weighted by Gasteiger charge is 2.57. The second-order valence-electron chi connectivity index (χ2n) is 12.2. The minimum atomic E-state index is -2.55. The summed E-state index contributed by atoms with van der Waals surface area (Å²) in [7, 11) is 0. The van der Waals surface area contributed by atoms with E-state index in [2.05, 4.69) is 24.1 Å². The summed E-state index contributed by atoms with van der Waals surface area (Å²) in [5, 5.41) is 55.0. The van der Waals surface area contributed by atoms with Crippen molar-refractivity contribution in [2.45, 2.75) is 114 Å². The second kappa shape index (κ2) is 17.7. The molecule has 0 bridgehead atoms. The first-order valence-electron chi connectivity index (χ1n) is 16.6. The molecule has 1 aliphatic rings. The number of thiazole rings is 1. The third-order valence-corrected chi connectivity index (χ3v) is 9.42. The van der Waals surface area contributed by atoms with Gasteiger partial charge >= 0.3 is 11.8 Å². The van der Waals surface area contributed by atoms with Gasteiger partial charge < -0.3 is 40.3 Å². The minimum absolute atomic E-state index is 0.0752. The highest BCUT2D eigenvalue weighted by molar-refractivity contribution is 7.21. The number of fused-ring (bicyclic) bond motifs is 1. The van der Waals surface area contributed by atoms with E-state index >= 15 is 0 Å². The van der Waals surface area contributed by atoms with Crippen LogP contribution in [0, 0.1) is 11.8 Å². The van der Waals surface area contributed by atoms with Gasteiger partial charge in [0.25, 0.3) is 0 Å². The Hall–Kier alpha value is -3.57. The first kappa shape index (κ1) is 37.3. The lowest BCUT2D eigenvalue weighted by atomic mass is 9.88. The Labute approximate surface area is 284 Å². The monoisotopic (exact) mass is 682 g/mol. The molecule has 4 rings (SSSR count). The third-order valence-electron chi connectivity index (χ3n) is 8.35. The van der Waals surface area contributed by atoms with Gasteiger partial charge in [0.1, 0.15) is 29.1 Å². The summed E-state index contributed by atoms with van der Waals surface area (Å²) >= 11 is 1.38. The highest BCUT2D eigenvalue weighted by Crippen LogP contribution is 2.41. The molecule has 2 aromatic carbocycles. The summed E-state index contributed by atoms with van der Waals surface area (Å²) in [5.74, 6) is 1.77. The van der Waals surface area contributed by atoms with Crippen molar-refractivity contribution in [2.24, 2.45) is 0 Å². The number of para-hydroxylation sites is 1. The zero-order valence-electron chi connectivity index (χ0n) is 27.4. The molecule has 3 aromatic rings. The number of ether oxygens (including phenoxy) is 2. The number of carboxylic acids is 1. The highest BCUT2D eigenvalue weighted by atomic mass is 32.1. The molecule has 11 nitrogen and oxygen atoms in total. The first-order valence-corrected chi connectivity index (χ1v) is 17.4. The van der Waals surface area contributed by atoms with Gasteiger partial charge in [0, 0.05) is 18.9 Å². The summed E-state index contributed by atoms with van der Waals surface area (Å²) in [6.45, 7) is 2.51. The number of unbranched alkanes of at least 4 members (excludes halogenated alkanes) is 8. The molecule has 12 heteroatoms. The lowest BCUT2D eigenvalue weighted by Crippen LogP contribution is -2.68. The van der Waals surface area contributed by atoms with Crippen LogP contribution in [0.4, 0.5) is 0 Å². The number of benzene rings is 2. The number of carboxylic acid groups (broad SMARTS) is 1. The van der Waals surface area contributed by atoms with E-state index in [0.717, 1.165) is 29.5 Å². The minimum Gasteiger partial charge on any atom is -0.476 e. The molecule has 1 fully saturated rings. The van der Waals surface area contributed by atoms with Crippen LogP contribution in [-0.2, 0) is 14.3 Å². The van der Waals surface area contributed by atoms with Crippen molar-refractivity contribution in [3.8, 4) is 28.2 Å². The van der Waals surface area contributed by atoms with Gasteiger partial charge in [-0.05, 0) is 36.8 Å². The number of aromatic nitrogens is 1. The number of carbonyl (C=O) groups excluding carboxylic acids is 1. The zero-order chi connectivity index (χ0) is 34.7. The number of hydrogen-bond donors (Lipinski definition) is 6. The largest absolute Gasteiger partial charge is 0.476 e. The van der Waals surface area contributed by atoms with Gasteiger partial charge in [0.2, 0.25) is 5.91 Å². The van der Waals surface area contributed by atoms with Crippen molar-refractivity contribution in [3.63, 3.8) is 0 Å². The van der Waals surface area contributed by atoms with Gasteiger partial charge in [-0.15, -0.1) is 11.3 Å². The van der Waals surface area contributed by atoms with Crippen molar-refractivity contribution in [3.05, 3.63) is 48.0 Å². The molecule has 1 saturated heterocycles. The lowest BCUT2D eigenvalue weighted by Gasteiger charge is -2.46. The Morgan fingerprint density at radius 2 is 1.81 bits per heavy atom. The average molecular weight is 683 g/mol. The summed E-state index contributed by atoms with van der Waals surface area (Å²) in [5.41, 5.74) is 1.87. The normalized spacial score (nSPS) is 22.0. The van der Waals surface area contributed by atoms with Gasteiger partial charge in [0.05, 0.1) is 41.0 Å². The van der Waals surface area contributed by atoms with Crippen LogP contribution in [-0.4, -0.2) is 85.2 Å². The predicted octanol–water partition coefficient (Wildman–Crippen LogP) is 4.37. The summed E-state index contributed by atoms with van der Waals surface area (Å²) in [6.07, 6.45) is 2.90. The van der Waals surface area contributed by atoms with Crippen LogP contribution in [0.15, 0.2) is 42.5 Å². The number of carbonyl (C=O) groups is 2. The lowest BCUT2D eigenvalue weighted by molar-refractivity contribution is -0.284. The van der Waals surface area contributed by atoms with E-state index in [4.69, 9.17) is 14.5 Å². The van der Waals surface area contributed by atoms with Crippen LogP contribution >= 0.6 is 11.3 Å². The standard InChI is InChI=1S/C36H46N2O9S/c1-3-4-5-6-7-8-9-10-11-12-15-24-18-19-29(25(20-24)34-38-26-16-13-14-17-30(26)48-34)46-36(35(44)45)21-27(41)31(37-23(2)40)33(47-36)32(43)28(42)22-39/h13-14,16-20,27-28,31-33,39,41-43H,3-11,21-22H2,1-2H3,(H,37,40)(H,44,45)/t27-,28+,31+,32+,33+,36+/m0/s1. The molecule has 0 radical (unpaired) electrons. The quantitative estimate of drug-likeness (QED) is 0.0939. The first-order chi connectivity index (χ1) is 23.1. The topological polar surface area (TPSA) is 179 Å². The number of aliphatic carboxylic acids is 1. The number of hydrogen-bond acceptors (Lipinski definition) is 10. The van der Waals surface area contributed by atoms with Gasteiger partial charge in [0.15, 0.2) is 0 Å². The Kier molecular flexibility index (Phi) is 13.8. The molecule has 6 atom stereocenters. The molecule has 6 N–H and O–H groups in total. The number of aliphatic hydroxyl groups excluding tert-OH is 4. The SMILES string of the molecule is CCCCCCCCCCC#Cc1ccc(O[C@]2(C(=O)O)C[C@H](O)[C@@H](NC(C)=O)[C@H]([C@H](O)[C@H](O)CO)O2)c(-c2nc3ccccc3s2)c1. The van der Waals surface area contributed by atoms with Crippen molar-refractivity contribution in [1.29, 1.82) is 0 Å². The molecule has 260 valence electrons. The van der Waals surface area contributed by atoms with Crippen LogP contribution in [0.2, 0.25) is 0 Å². The maximum absolute atomic E-state index is 12.9. The fraction of sp³-hybridized carbons (Fsp3) is 0.528. The van der Waals surface area contributed by atoms with E-state index in [-0.39, 0.29) is 5.75 Å². The van der Waals surface area contributed by atoms with Crippen molar-refractivity contribution < 1.29 is 44.6 Å². The van der Waals surface area contributed by atoms with E-state index < -0.39 is 61.1 Å². The Balaban J connectivity index is 1.63. The third kappa shape index (κ3) is 9.53. The maximum atomic E-state index is 12.9. The predicted molar refractivity (Wildman–Crippen MR) is 182 cm³/mol. The molecule has 1 amide bonds. The fourth-order valence-corrected chi connectivity index (χ4v) is 6.76. The van der Waals surface area contributed by atoms with E-state index in [9.17, 15) is 35.1 Å². The maximum Gasteiger partial charge on any atom is 0.377 e. The van der Waals surface area contributed by atoms with Crippen LogP contribution in [0.25, 0.3) is 20.8 Å². The zero-order valence-corrected chi connectivity index (χ0v) is 28.2. The number of amides is 1. The number of rotatable bonds is 16. The van der Waals surface area contributed by atoms with Gasteiger partial charge in [-0.2, -0.15) is 0 Å². The number of nitrogens with one attached hydrogen (secondary N) is 1. The van der Waals surface area contributed by atoms with Crippen LogP contribution < -0.4 is 10.1 Å². The van der Waals surface area contributed by atoms with Crippen LogP contribution in [0.5, 0.6) is 5.75 Å². The summed E-state index contributed by atoms with van der Waals surface area (Å²) < 4.78 is 12.9. The fourth-order valence-electron chi connectivity index (χ4n) is 5.77. The van der Waals surface area contributed by atoms with E-state index in [1.54, 1.807) is 18.2 Å². The van der Waals surface area contributed by atoms with Crippen LogP contribution in [0.3, 0.4) is 0 Å². The molecular formula is C36H46N2O9S. The van der Waals surface area contributed by atoms with Crippen molar-refractivity contribution in [1.82, 2.24) is 10.3 Å². The molecule has 0 unspecified atom stereocenters.